The van der Waals surface area contributed by atoms with Crippen LogP contribution in [0.25, 0.3) is 0 Å². The maximum absolute atomic E-state index is 12.9. The van der Waals surface area contributed by atoms with Crippen molar-refractivity contribution >= 4 is 23.4 Å². The molecule has 0 aliphatic carbocycles. The molecule has 1 fully saturated rings. The van der Waals surface area contributed by atoms with Gasteiger partial charge in [-0.1, -0.05) is 36.4 Å². The molecular weight excluding hydrogens is 368 g/mol. The number of hydrogen-bond acceptors (Lipinski definition) is 4. The van der Waals surface area contributed by atoms with E-state index in [9.17, 15) is 9.59 Å². The summed E-state index contributed by atoms with van der Waals surface area (Å²) >= 11 is 0. The number of hydrogen-bond donors (Lipinski definition) is 1. The number of aryl methyl sites for hydroxylation is 1. The van der Waals surface area contributed by atoms with Gasteiger partial charge in [-0.05, 0) is 37.6 Å². The van der Waals surface area contributed by atoms with Crippen LogP contribution in [0.4, 0.5) is 16.2 Å². The number of nitrogens with one attached hydrogen (secondary N) is 1. The second kappa shape index (κ2) is 7.79. The van der Waals surface area contributed by atoms with Crippen LogP contribution in [0.2, 0.25) is 0 Å². The second-order valence-electron chi connectivity index (χ2n) is 6.96. The van der Waals surface area contributed by atoms with E-state index in [2.05, 4.69) is 10.4 Å². The molecule has 29 heavy (non-hydrogen) atoms. The third-order valence-corrected chi connectivity index (χ3v) is 4.96. The third kappa shape index (κ3) is 3.85. The number of carbonyl (C=O) groups is 2. The number of rotatable bonds is 5. The summed E-state index contributed by atoms with van der Waals surface area (Å²) in [5, 5.41) is 7.47. The van der Waals surface area contributed by atoms with Gasteiger partial charge in [-0.15, -0.1) is 0 Å². The standard InChI is InChI=1S/C22H22N4O3/c1-15-20(16(2)26(24-15)14-17-7-4-3-5-8-17)21(27)23-18-9-6-10-19(13-18)25-11-12-29-22(25)28/h3-10,13H,11-12,14H2,1-2H3,(H,23,27). The number of anilines is 2. The largest absolute Gasteiger partial charge is 0.447 e. The summed E-state index contributed by atoms with van der Waals surface area (Å²) in [5.74, 6) is -0.222. The highest BCUT2D eigenvalue weighted by Gasteiger charge is 2.24. The van der Waals surface area contributed by atoms with Crippen LogP contribution in [-0.2, 0) is 11.3 Å². The average molecular weight is 390 g/mol. The van der Waals surface area contributed by atoms with Crippen molar-refractivity contribution in [3.8, 4) is 0 Å². The molecule has 1 saturated heterocycles. The molecule has 4 rings (SSSR count). The van der Waals surface area contributed by atoms with E-state index in [0.29, 0.717) is 42.3 Å². The lowest BCUT2D eigenvalue weighted by molar-refractivity contribution is 0.102. The Balaban J connectivity index is 1.54. The Morgan fingerprint density at radius 2 is 1.93 bits per heavy atom. The smallest absolute Gasteiger partial charge is 0.414 e. The van der Waals surface area contributed by atoms with Crippen LogP contribution in [0.3, 0.4) is 0 Å². The minimum Gasteiger partial charge on any atom is -0.447 e. The fraction of sp³-hybridized carbons (Fsp3) is 0.227. The van der Waals surface area contributed by atoms with E-state index in [1.165, 1.54) is 0 Å². The molecule has 7 nitrogen and oxygen atoms in total. The number of aromatic nitrogens is 2. The van der Waals surface area contributed by atoms with Gasteiger partial charge in [0.25, 0.3) is 5.91 Å². The maximum atomic E-state index is 12.9. The molecular formula is C22H22N4O3. The van der Waals surface area contributed by atoms with Gasteiger partial charge in [-0.3, -0.25) is 14.4 Å². The lowest BCUT2D eigenvalue weighted by atomic mass is 10.1. The van der Waals surface area contributed by atoms with Gasteiger partial charge in [0.15, 0.2) is 0 Å². The van der Waals surface area contributed by atoms with Gasteiger partial charge in [0.1, 0.15) is 6.61 Å². The predicted octanol–water partition coefficient (Wildman–Crippen LogP) is 3.76. The SMILES string of the molecule is Cc1nn(Cc2ccccc2)c(C)c1C(=O)Nc1cccc(N2CCOC2=O)c1. The van der Waals surface area contributed by atoms with Gasteiger partial charge in [-0.25, -0.2) is 4.79 Å². The maximum Gasteiger partial charge on any atom is 0.414 e. The molecule has 0 bridgehead atoms. The molecule has 0 saturated carbocycles. The van der Waals surface area contributed by atoms with Gasteiger partial charge in [-0.2, -0.15) is 5.10 Å². The molecule has 148 valence electrons. The first-order valence-electron chi connectivity index (χ1n) is 9.46. The third-order valence-electron chi connectivity index (χ3n) is 4.96. The lowest BCUT2D eigenvalue weighted by Gasteiger charge is -2.14. The summed E-state index contributed by atoms with van der Waals surface area (Å²) in [6, 6.07) is 17.2. The van der Waals surface area contributed by atoms with Gasteiger partial charge >= 0.3 is 6.09 Å². The summed E-state index contributed by atoms with van der Waals surface area (Å²) in [4.78, 5) is 26.3. The van der Waals surface area contributed by atoms with E-state index in [-0.39, 0.29) is 12.0 Å². The second-order valence-corrected chi connectivity index (χ2v) is 6.96. The minimum absolute atomic E-state index is 0.222. The normalized spacial score (nSPS) is 13.4. The molecule has 2 aromatic carbocycles. The molecule has 1 aliphatic rings. The first-order valence-corrected chi connectivity index (χ1v) is 9.46. The van der Waals surface area contributed by atoms with Crippen molar-refractivity contribution in [1.29, 1.82) is 0 Å². The summed E-state index contributed by atoms with van der Waals surface area (Å²) in [5.41, 5.74) is 4.47. The van der Waals surface area contributed by atoms with Crippen molar-refractivity contribution in [2.24, 2.45) is 0 Å². The number of amides is 2. The first kappa shape index (κ1) is 18.7. The van der Waals surface area contributed by atoms with E-state index in [0.717, 1.165) is 11.3 Å². The lowest BCUT2D eigenvalue weighted by Crippen LogP contribution is -2.23. The molecule has 0 atom stereocenters. The highest BCUT2D eigenvalue weighted by molar-refractivity contribution is 6.06. The topological polar surface area (TPSA) is 76.5 Å². The Hall–Kier alpha value is -3.61. The molecule has 2 amide bonds. The van der Waals surface area contributed by atoms with Gasteiger partial charge < -0.3 is 10.1 Å². The van der Waals surface area contributed by atoms with Crippen molar-refractivity contribution in [2.75, 3.05) is 23.4 Å². The van der Waals surface area contributed by atoms with Gasteiger partial charge in [0.2, 0.25) is 0 Å². The Labute approximate surface area is 168 Å². The van der Waals surface area contributed by atoms with E-state index in [1.807, 2.05) is 54.9 Å². The monoisotopic (exact) mass is 390 g/mol. The zero-order valence-electron chi connectivity index (χ0n) is 16.4. The molecule has 1 aliphatic heterocycles. The number of carbonyl (C=O) groups excluding carboxylic acids is 2. The molecule has 0 spiro atoms. The molecule has 7 heteroatoms. The van der Waals surface area contributed by atoms with E-state index in [1.54, 1.807) is 23.1 Å². The van der Waals surface area contributed by atoms with Crippen LogP contribution in [0.1, 0.15) is 27.3 Å². The van der Waals surface area contributed by atoms with Crippen molar-refractivity contribution < 1.29 is 14.3 Å². The van der Waals surface area contributed by atoms with Crippen molar-refractivity contribution in [1.82, 2.24) is 9.78 Å². The van der Waals surface area contributed by atoms with Crippen LogP contribution >= 0.6 is 0 Å². The van der Waals surface area contributed by atoms with Gasteiger partial charge in [0.05, 0.1) is 24.3 Å². The highest BCUT2D eigenvalue weighted by Crippen LogP contribution is 2.24. The summed E-state index contributed by atoms with van der Waals surface area (Å²) in [7, 11) is 0. The van der Waals surface area contributed by atoms with Crippen molar-refractivity contribution in [3.05, 3.63) is 77.1 Å². The fourth-order valence-corrected chi connectivity index (χ4v) is 3.51. The quantitative estimate of drug-likeness (QED) is 0.720. The number of nitrogens with zero attached hydrogens (tertiary/aromatic N) is 3. The van der Waals surface area contributed by atoms with E-state index in [4.69, 9.17) is 4.74 Å². The molecule has 1 aromatic heterocycles. The molecule has 3 aromatic rings. The fourth-order valence-electron chi connectivity index (χ4n) is 3.51. The van der Waals surface area contributed by atoms with Crippen molar-refractivity contribution in [2.45, 2.75) is 20.4 Å². The Kier molecular flexibility index (Phi) is 5.03. The summed E-state index contributed by atoms with van der Waals surface area (Å²) < 4.78 is 6.83. The molecule has 0 unspecified atom stereocenters. The zero-order valence-corrected chi connectivity index (χ0v) is 16.4. The predicted molar refractivity (Wildman–Crippen MR) is 110 cm³/mol. The average Bonchev–Trinajstić information content (AvgIpc) is 3.25. The number of cyclic esters (lactones) is 1. The molecule has 2 heterocycles. The van der Waals surface area contributed by atoms with E-state index >= 15 is 0 Å². The Bertz CT molecular complexity index is 1060. The van der Waals surface area contributed by atoms with Crippen LogP contribution in [0, 0.1) is 13.8 Å². The van der Waals surface area contributed by atoms with Gasteiger partial charge in [0, 0.05) is 17.1 Å². The Morgan fingerprint density at radius 1 is 1.14 bits per heavy atom. The Morgan fingerprint density at radius 3 is 2.66 bits per heavy atom. The number of ether oxygens (including phenoxy) is 1. The number of benzene rings is 2. The molecule has 1 N–H and O–H groups in total. The van der Waals surface area contributed by atoms with Crippen molar-refractivity contribution in [3.63, 3.8) is 0 Å². The molecule has 0 radical (unpaired) electrons. The summed E-state index contributed by atoms with van der Waals surface area (Å²) in [6.45, 7) is 5.21. The van der Waals surface area contributed by atoms with Crippen LogP contribution in [-0.4, -0.2) is 34.9 Å². The minimum atomic E-state index is -0.373. The first-order chi connectivity index (χ1) is 14.0. The van der Waals surface area contributed by atoms with Crippen LogP contribution in [0.15, 0.2) is 54.6 Å². The van der Waals surface area contributed by atoms with Crippen LogP contribution < -0.4 is 10.2 Å². The van der Waals surface area contributed by atoms with E-state index < -0.39 is 0 Å². The zero-order chi connectivity index (χ0) is 20.4. The highest BCUT2D eigenvalue weighted by atomic mass is 16.6. The summed E-state index contributed by atoms with van der Waals surface area (Å²) in [6.07, 6.45) is -0.373. The van der Waals surface area contributed by atoms with Crippen LogP contribution in [0.5, 0.6) is 0 Å².